The summed E-state index contributed by atoms with van der Waals surface area (Å²) >= 11 is 0. The Kier molecular flexibility index (Phi) is 6.43. The van der Waals surface area contributed by atoms with Crippen molar-refractivity contribution in [3.63, 3.8) is 0 Å². The Hall–Kier alpha value is -4.08. The topological polar surface area (TPSA) is 118 Å². The fourth-order valence-electron chi connectivity index (χ4n) is 3.24. The van der Waals surface area contributed by atoms with Crippen LogP contribution in [0.15, 0.2) is 42.9 Å². The first-order valence-electron chi connectivity index (χ1n) is 10.6. The fraction of sp³-hybridized carbons (Fsp3) is 0.261. The van der Waals surface area contributed by atoms with Gasteiger partial charge < -0.3 is 15.0 Å². The van der Waals surface area contributed by atoms with Crippen molar-refractivity contribution in [3.8, 4) is 22.4 Å². The number of carbonyl (C=O) groups excluding carboxylic acids is 1. The summed E-state index contributed by atoms with van der Waals surface area (Å²) in [4.78, 5) is 32.3. The van der Waals surface area contributed by atoms with Gasteiger partial charge in [-0.15, -0.1) is 0 Å². The predicted octanol–water partition coefficient (Wildman–Crippen LogP) is 4.86. The predicted molar refractivity (Wildman–Crippen MR) is 124 cm³/mol. The van der Waals surface area contributed by atoms with Crippen LogP contribution in [-0.2, 0) is 4.74 Å². The van der Waals surface area contributed by atoms with Crippen molar-refractivity contribution < 1.29 is 13.9 Å². The number of ether oxygens (including phenoxy) is 1. The average molecular weight is 449 g/mol. The summed E-state index contributed by atoms with van der Waals surface area (Å²) in [6.07, 6.45) is 4.27. The smallest absolute Gasteiger partial charge is 0.413 e. The van der Waals surface area contributed by atoms with Gasteiger partial charge in [0.25, 0.3) is 0 Å². The number of carbonyl (C=O) groups is 1. The summed E-state index contributed by atoms with van der Waals surface area (Å²) in [5, 5.41) is 5.72. The lowest BCUT2D eigenvalue weighted by Gasteiger charge is -2.09. The molecule has 0 aliphatic rings. The second-order valence-corrected chi connectivity index (χ2v) is 7.75. The highest BCUT2D eigenvalue weighted by molar-refractivity contribution is 5.97. The van der Waals surface area contributed by atoms with Crippen LogP contribution in [0.1, 0.15) is 20.8 Å². The molecule has 0 fully saturated rings. The number of fused-ring (bicyclic) bond motifs is 1. The van der Waals surface area contributed by atoms with Crippen LogP contribution in [0.5, 0.6) is 0 Å². The fourth-order valence-corrected chi connectivity index (χ4v) is 3.24. The Morgan fingerprint density at radius 2 is 1.97 bits per heavy atom. The number of amides is 1. The van der Waals surface area contributed by atoms with Crippen molar-refractivity contribution in [1.29, 1.82) is 0 Å². The molecular formula is C23H24FN7O2. The van der Waals surface area contributed by atoms with E-state index in [0.29, 0.717) is 28.5 Å². The van der Waals surface area contributed by atoms with E-state index in [-0.39, 0.29) is 18.2 Å². The molecule has 10 heteroatoms. The number of hydrogen-bond donors (Lipinski definition) is 3. The molecule has 0 aliphatic carbocycles. The lowest BCUT2D eigenvalue weighted by atomic mass is 10.0. The highest BCUT2D eigenvalue weighted by atomic mass is 19.1. The van der Waals surface area contributed by atoms with Crippen LogP contribution >= 0.6 is 0 Å². The molecule has 0 saturated heterocycles. The van der Waals surface area contributed by atoms with Gasteiger partial charge in [0.15, 0.2) is 0 Å². The number of pyridine rings is 1. The molecule has 0 atom stereocenters. The van der Waals surface area contributed by atoms with Gasteiger partial charge in [0, 0.05) is 36.3 Å². The van der Waals surface area contributed by atoms with Crippen molar-refractivity contribution in [2.45, 2.75) is 20.8 Å². The van der Waals surface area contributed by atoms with E-state index in [0.717, 1.165) is 17.7 Å². The van der Waals surface area contributed by atoms with Crippen molar-refractivity contribution in [2.24, 2.45) is 5.92 Å². The van der Waals surface area contributed by atoms with Gasteiger partial charge in [0.2, 0.25) is 11.9 Å². The SMILES string of the molecule is CCOC(=O)Nc1nc2c(-c3ncccc3F)cc(-c3cnc(NCC(C)C)nc3)cc2[nH]1. The third-order valence-electron chi connectivity index (χ3n) is 4.75. The quantitative estimate of drug-likeness (QED) is 0.369. The normalized spacial score (nSPS) is 11.1. The molecular weight excluding hydrogens is 425 g/mol. The van der Waals surface area contributed by atoms with Gasteiger partial charge in [-0.05, 0) is 42.7 Å². The lowest BCUT2D eigenvalue weighted by Crippen LogP contribution is -2.14. The van der Waals surface area contributed by atoms with Crippen LogP contribution in [0.25, 0.3) is 33.4 Å². The average Bonchev–Trinajstić information content (AvgIpc) is 3.20. The van der Waals surface area contributed by atoms with Crippen molar-refractivity contribution in [3.05, 3.63) is 48.7 Å². The van der Waals surface area contributed by atoms with Gasteiger partial charge >= 0.3 is 6.09 Å². The Morgan fingerprint density at radius 3 is 2.67 bits per heavy atom. The molecule has 4 aromatic rings. The summed E-state index contributed by atoms with van der Waals surface area (Å²) in [5.74, 6) is 0.697. The van der Waals surface area contributed by atoms with Gasteiger partial charge in [-0.2, -0.15) is 0 Å². The number of benzene rings is 1. The number of imidazole rings is 1. The second kappa shape index (κ2) is 9.60. The van der Waals surface area contributed by atoms with Crippen LogP contribution in [-0.4, -0.2) is 44.2 Å². The summed E-state index contributed by atoms with van der Waals surface area (Å²) in [6.45, 7) is 6.90. The van der Waals surface area contributed by atoms with Gasteiger partial charge in [-0.1, -0.05) is 13.8 Å². The minimum Gasteiger partial charge on any atom is -0.450 e. The van der Waals surface area contributed by atoms with Gasteiger partial charge in [-0.25, -0.2) is 24.1 Å². The number of nitrogens with one attached hydrogen (secondary N) is 3. The molecule has 1 aromatic carbocycles. The maximum absolute atomic E-state index is 14.6. The first-order valence-corrected chi connectivity index (χ1v) is 10.6. The minimum absolute atomic E-state index is 0.148. The van der Waals surface area contributed by atoms with Gasteiger partial charge in [-0.3, -0.25) is 10.3 Å². The highest BCUT2D eigenvalue weighted by Gasteiger charge is 2.17. The zero-order chi connectivity index (χ0) is 23.4. The molecule has 0 unspecified atom stereocenters. The van der Waals surface area contributed by atoms with Crippen LogP contribution in [0.4, 0.5) is 21.1 Å². The molecule has 3 aromatic heterocycles. The molecule has 3 heterocycles. The first kappa shape index (κ1) is 22.1. The summed E-state index contributed by atoms with van der Waals surface area (Å²) < 4.78 is 19.5. The molecule has 1 amide bonds. The molecule has 9 nitrogen and oxygen atoms in total. The molecule has 0 radical (unpaired) electrons. The Balaban J connectivity index is 1.77. The second-order valence-electron chi connectivity index (χ2n) is 7.75. The van der Waals surface area contributed by atoms with Crippen molar-refractivity contribution in [1.82, 2.24) is 24.9 Å². The van der Waals surface area contributed by atoms with E-state index < -0.39 is 11.9 Å². The molecule has 0 aliphatic heterocycles. The number of rotatable bonds is 7. The minimum atomic E-state index is -0.639. The molecule has 33 heavy (non-hydrogen) atoms. The van der Waals surface area contributed by atoms with E-state index >= 15 is 0 Å². The molecule has 0 bridgehead atoms. The van der Waals surface area contributed by atoms with E-state index in [4.69, 9.17) is 4.74 Å². The Labute approximate surface area is 189 Å². The lowest BCUT2D eigenvalue weighted by molar-refractivity contribution is 0.167. The van der Waals surface area contributed by atoms with Gasteiger partial charge in [0.1, 0.15) is 17.0 Å². The zero-order valence-electron chi connectivity index (χ0n) is 18.5. The summed E-state index contributed by atoms with van der Waals surface area (Å²) in [6, 6.07) is 6.48. The van der Waals surface area contributed by atoms with Crippen molar-refractivity contribution >= 4 is 29.0 Å². The number of anilines is 2. The van der Waals surface area contributed by atoms with E-state index in [2.05, 4.69) is 49.4 Å². The maximum Gasteiger partial charge on any atom is 0.413 e. The molecule has 0 saturated carbocycles. The number of aromatic nitrogens is 5. The first-order chi connectivity index (χ1) is 15.9. The molecule has 0 spiro atoms. The number of aromatic amines is 1. The Morgan fingerprint density at radius 1 is 1.18 bits per heavy atom. The number of halogens is 1. The number of H-pyrrole nitrogens is 1. The maximum atomic E-state index is 14.6. The largest absolute Gasteiger partial charge is 0.450 e. The van der Waals surface area contributed by atoms with E-state index in [1.165, 1.54) is 18.3 Å². The van der Waals surface area contributed by atoms with E-state index in [1.54, 1.807) is 25.4 Å². The third kappa shape index (κ3) is 5.05. The number of nitrogens with zero attached hydrogens (tertiary/aromatic N) is 4. The highest BCUT2D eigenvalue weighted by Crippen LogP contribution is 2.33. The van der Waals surface area contributed by atoms with Crippen LogP contribution in [0, 0.1) is 11.7 Å². The van der Waals surface area contributed by atoms with Crippen LogP contribution < -0.4 is 10.6 Å². The van der Waals surface area contributed by atoms with Crippen LogP contribution in [0.3, 0.4) is 0 Å². The molecule has 170 valence electrons. The standard InChI is InChI=1S/C23H24FN7O2/c1-4-33-23(32)31-22-29-18-9-14(15-11-27-21(28-12-15)26-10-13(2)3)8-16(20(18)30-22)19-17(24)6-5-7-25-19/h5-9,11-13H,4,10H2,1-3H3,(H,26,27,28)(H2,29,30,31,32). The van der Waals surface area contributed by atoms with Gasteiger partial charge in [0.05, 0.1) is 12.1 Å². The Bertz CT molecular complexity index is 1270. The van der Waals surface area contributed by atoms with Crippen molar-refractivity contribution in [2.75, 3.05) is 23.8 Å². The van der Waals surface area contributed by atoms with E-state index in [9.17, 15) is 9.18 Å². The number of hydrogen-bond acceptors (Lipinski definition) is 7. The van der Waals surface area contributed by atoms with Crippen LogP contribution in [0.2, 0.25) is 0 Å². The monoisotopic (exact) mass is 449 g/mol. The third-order valence-corrected chi connectivity index (χ3v) is 4.75. The summed E-state index contributed by atoms with van der Waals surface area (Å²) in [5.41, 5.74) is 3.13. The molecule has 4 rings (SSSR count). The zero-order valence-corrected chi connectivity index (χ0v) is 18.5. The molecule has 3 N–H and O–H groups in total. The summed E-state index contributed by atoms with van der Waals surface area (Å²) in [7, 11) is 0. The van der Waals surface area contributed by atoms with E-state index in [1.807, 2.05) is 6.07 Å².